The number of nitrogens with one attached hydrogen (secondary N) is 1. The van der Waals surface area contributed by atoms with Crippen LogP contribution in [0, 0.1) is 0 Å². The molecule has 0 aliphatic carbocycles. The van der Waals surface area contributed by atoms with Crippen molar-refractivity contribution in [3.63, 3.8) is 0 Å². The van der Waals surface area contributed by atoms with Gasteiger partial charge in [-0.2, -0.15) is 0 Å². The van der Waals surface area contributed by atoms with Gasteiger partial charge in [0.25, 0.3) is 5.91 Å². The zero-order valence-corrected chi connectivity index (χ0v) is 25.2. The van der Waals surface area contributed by atoms with Crippen molar-refractivity contribution in [3.8, 4) is 16.9 Å². The molecule has 8 nitrogen and oxygen atoms in total. The Bertz CT molecular complexity index is 1720. The van der Waals surface area contributed by atoms with Gasteiger partial charge in [-0.1, -0.05) is 42.2 Å². The van der Waals surface area contributed by atoms with Crippen LogP contribution >= 0.6 is 24.0 Å². The number of nitrogen functional groups attached to an aromatic ring is 1. The highest BCUT2D eigenvalue weighted by molar-refractivity contribution is 8.26. The van der Waals surface area contributed by atoms with Crippen LogP contribution in [0.5, 0.6) is 5.75 Å². The summed E-state index contributed by atoms with van der Waals surface area (Å²) in [6, 6.07) is 18.8. The number of ether oxygens (including phenoxy) is 1. The number of carboxylic acids is 1. The topological polar surface area (TPSA) is 112 Å². The van der Waals surface area contributed by atoms with Gasteiger partial charge in [0.2, 0.25) is 0 Å². The number of carbonyl (C=O) groups excluding carboxylic acids is 1. The monoisotopic (exact) mass is 612 g/mol. The molecule has 220 valence electrons. The molecular formula is C33H32N4O4S2. The number of H-pyrrole nitrogens is 1. The standard InChI is InChI=1S/C33H32N4O4S2/c34-27-19-25(18-24-9-11-35-30(24)27)23-7-8-28(41-16-15-36-12-1-2-13-36)26(17-23)20-29-31(38)37(33(42)43-29)14-10-21-3-5-22(6-4-21)32(39)40/h3-9,11,17-20,35H,1-2,10,12-16,34H2,(H,39,40). The summed E-state index contributed by atoms with van der Waals surface area (Å²) in [5.41, 5.74) is 11.8. The number of carbonyl (C=O) groups is 2. The van der Waals surface area contributed by atoms with Crippen molar-refractivity contribution in [1.29, 1.82) is 0 Å². The summed E-state index contributed by atoms with van der Waals surface area (Å²) in [5.74, 6) is -0.406. The maximum atomic E-state index is 13.5. The molecule has 10 heteroatoms. The third-order valence-corrected chi connectivity index (χ3v) is 9.26. The van der Waals surface area contributed by atoms with Crippen LogP contribution in [0.2, 0.25) is 0 Å². The fraction of sp³-hybridized carbons (Fsp3) is 0.242. The number of nitrogens with zero attached hydrogens (tertiary/aromatic N) is 2. The number of hydrogen-bond acceptors (Lipinski definition) is 7. The van der Waals surface area contributed by atoms with Crippen molar-refractivity contribution in [2.45, 2.75) is 19.3 Å². The first-order chi connectivity index (χ1) is 20.9. The fourth-order valence-electron chi connectivity index (χ4n) is 5.52. The van der Waals surface area contributed by atoms with E-state index in [4.69, 9.17) is 27.8 Å². The van der Waals surface area contributed by atoms with E-state index >= 15 is 0 Å². The maximum absolute atomic E-state index is 13.5. The largest absolute Gasteiger partial charge is 0.492 e. The van der Waals surface area contributed by atoms with Crippen LogP contribution in [0.15, 0.2) is 71.8 Å². The number of aromatic nitrogens is 1. The number of rotatable bonds is 10. The minimum absolute atomic E-state index is 0.149. The molecule has 2 fully saturated rings. The van der Waals surface area contributed by atoms with Gasteiger partial charge in [0, 0.05) is 30.2 Å². The number of amides is 1. The molecular weight excluding hydrogens is 581 g/mol. The van der Waals surface area contributed by atoms with E-state index in [2.05, 4.69) is 16.0 Å². The van der Waals surface area contributed by atoms with E-state index in [9.17, 15) is 9.59 Å². The van der Waals surface area contributed by atoms with Crippen molar-refractivity contribution < 1.29 is 19.4 Å². The number of thioether (sulfide) groups is 1. The molecule has 2 aliphatic rings. The molecule has 0 saturated carbocycles. The first-order valence-electron chi connectivity index (χ1n) is 14.3. The molecule has 0 atom stereocenters. The van der Waals surface area contributed by atoms with Crippen LogP contribution in [0.3, 0.4) is 0 Å². The van der Waals surface area contributed by atoms with E-state index in [1.54, 1.807) is 29.2 Å². The van der Waals surface area contributed by atoms with Gasteiger partial charge in [-0.3, -0.25) is 14.6 Å². The second-order valence-corrected chi connectivity index (χ2v) is 12.4. The number of aromatic amines is 1. The van der Waals surface area contributed by atoms with Gasteiger partial charge >= 0.3 is 5.97 Å². The van der Waals surface area contributed by atoms with Gasteiger partial charge in [-0.25, -0.2) is 4.79 Å². The third kappa shape index (κ3) is 6.46. The molecule has 4 N–H and O–H groups in total. The highest BCUT2D eigenvalue weighted by Crippen LogP contribution is 2.37. The average Bonchev–Trinajstić information content (AvgIpc) is 3.75. The quantitative estimate of drug-likeness (QED) is 0.113. The van der Waals surface area contributed by atoms with Crippen molar-refractivity contribution >= 4 is 62.8 Å². The van der Waals surface area contributed by atoms with E-state index in [1.807, 2.05) is 42.6 Å². The van der Waals surface area contributed by atoms with Gasteiger partial charge in [0.05, 0.1) is 21.7 Å². The van der Waals surface area contributed by atoms with Gasteiger partial charge in [-0.05, 0) is 97.6 Å². The lowest BCUT2D eigenvalue weighted by atomic mass is 10.00. The number of anilines is 1. The zero-order chi connectivity index (χ0) is 29.9. The maximum Gasteiger partial charge on any atom is 0.335 e. The van der Waals surface area contributed by atoms with Crippen LogP contribution in [-0.4, -0.2) is 68.9 Å². The molecule has 3 heterocycles. The number of benzene rings is 3. The summed E-state index contributed by atoms with van der Waals surface area (Å²) >= 11 is 6.88. The summed E-state index contributed by atoms with van der Waals surface area (Å²) < 4.78 is 6.77. The predicted octanol–water partition coefficient (Wildman–Crippen LogP) is 6.03. The Morgan fingerprint density at radius 3 is 2.60 bits per heavy atom. The highest BCUT2D eigenvalue weighted by Gasteiger charge is 2.32. The predicted molar refractivity (Wildman–Crippen MR) is 176 cm³/mol. The number of likely N-dealkylation sites (tertiary alicyclic amines) is 1. The lowest BCUT2D eigenvalue weighted by Crippen LogP contribution is -2.30. The summed E-state index contributed by atoms with van der Waals surface area (Å²) in [6.07, 6.45) is 6.76. The van der Waals surface area contributed by atoms with E-state index < -0.39 is 5.97 Å². The molecule has 0 spiro atoms. The Kier molecular flexibility index (Phi) is 8.51. The van der Waals surface area contributed by atoms with Crippen LogP contribution in [0.4, 0.5) is 5.69 Å². The number of hydrogen-bond donors (Lipinski definition) is 3. The Morgan fingerprint density at radius 1 is 1.05 bits per heavy atom. The molecule has 0 bridgehead atoms. The fourth-order valence-corrected chi connectivity index (χ4v) is 6.82. The average molecular weight is 613 g/mol. The Balaban J connectivity index is 1.25. The zero-order valence-electron chi connectivity index (χ0n) is 23.5. The minimum atomic E-state index is -0.967. The first kappa shape index (κ1) is 29.0. The smallest absolute Gasteiger partial charge is 0.335 e. The van der Waals surface area contributed by atoms with E-state index in [1.165, 1.54) is 24.6 Å². The third-order valence-electron chi connectivity index (χ3n) is 7.88. The molecule has 2 aliphatic heterocycles. The van der Waals surface area contributed by atoms with Crippen molar-refractivity contribution in [3.05, 3.63) is 88.5 Å². The van der Waals surface area contributed by atoms with Crippen molar-refractivity contribution in [1.82, 2.24) is 14.8 Å². The number of carboxylic acid groups (broad SMARTS) is 1. The Hall–Kier alpha value is -4.12. The molecule has 1 amide bonds. The summed E-state index contributed by atoms with van der Waals surface area (Å²) in [6.45, 7) is 4.03. The number of nitrogens with two attached hydrogens (primary N) is 1. The minimum Gasteiger partial charge on any atom is -0.492 e. The van der Waals surface area contributed by atoms with Gasteiger partial charge in [0.15, 0.2) is 0 Å². The summed E-state index contributed by atoms with van der Waals surface area (Å²) in [5, 5.41) is 10.2. The summed E-state index contributed by atoms with van der Waals surface area (Å²) in [4.78, 5) is 32.4. The lowest BCUT2D eigenvalue weighted by Gasteiger charge is -2.17. The number of thiocarbonyl (C=S) groups is 1. The van der Waals surface area contributed by atoms with Crippen molar-refractivity contribution in [2.75, 3.05) is 38.5 Å². The van der Waals surface area contributed by atoms with Gasteiger partial charge < -0.3 is 20.6 Å². The van der Waals surface area contributed by atoms with Gasteiger partial charge in [0.1, 0.15) is 16.7 Å². The second kappa shape index (κ2) is 12.6. The molecule has 6 rings (SSSR count). The van der Waals surface area contributed by atoms with E-state index in [0.29, 0.717) is 40.2 Å². The SMILES string of the molecule is Nc1cc(-c2ccc(OCCN3CCCC3)c(C=C3SC(=S)N(CCc4ccc(C(=O)O)cc4)C3=O)c2)cc2cc[nH]c12. The highest BCUT2D eigenvalue weighted by atomic mass is 32.2. The molecule has 43 heavy (non-hydrogen) atoms. The lowest BCUT2D eigenvalue weighted by molar-refractivity contribution is -0.122. The molecule has 0 radical (unpaired) electrons. The summed E-state index contributed by atoms with van der Waals surface area (Å²) in [7, 11) is 0. The van der Waals surface area contributed by atoms with E-state index in [-0.39, 0.29) is 11.5 Å². The van der Waals surface area contributed by atoms with Crippen LogP contribution < -0.4 is 10.5 Å². The second-order valence-electron chi connectivity index (χ2n) is 10.7. The Morgan fingerprint density at radius 2 is 1.84 bits per heavy atom. The normalized spacial score (nSPS) is 16.6. The number of aromatic carboxylic acids is 1. The van der Waals surface area contributed by atoms with Crippen LogP contribution in [-0.2, 0) is 11.2 Å². The first-order valence-corrected chi connectivity index (χ1v) is 15.5. The molecule has 2 saturated heterocycles. The van der Waals surface area contributed by atoms with Gasteiger partial charge in [-0.15, -0.1) is 0 Å². The van der Waals surface area contributed by atoms with E-state index in [0.717, 1.165) is 52.8 Å². The molecule has 1 aromatic heterocycles. The molecule has 0 unspecified atom stereocenters. The molecule has 4 aromatic rings. The van der Waals surface area contributed by atoms with Crippen LogP contribution in [0.25, 0.3) is 28.1 Å². The van der Waals surface area contributed by atoms with Crippen LogP contribution in [0.1, 0.15) is 34.3 Å². The van der Waals surface area contributed by atoms with Crippen molar-refractivity contribution in [2.24, 2.45) is 0 Å². The molecule has 3 aromatic carbocycles. The Labute approximate surface area is 259 Å². The number of fused-ring (bicyclic) bond motifs is 1.